The van der Waals surface area contributed by atoms with Crippen LogP contribution in [0.5, 0.6) is 0 Å². The number of amides is 2. The molecule has 0 bridgehead atoms. The molecule has 0 aliphatic heterocycles. The first-order valence-electron chi connectivity index (χ1n) is 10.7. The molecule has 8 nitrogen and oxygen atoms in total. The molecular weight excluding hydrogens is 464 g/mol. The Labute approximate surface area is 201 Å². The van der Waals surface area contributed by atoms with Gasteiger partial charge in [-0.3, -0.25) is 14.5 Å². The van der Waals surface area contributed by atoms with E-state index in [-0.39, 0.29) is 23.4 Å². The first-order valence-corrected chi connectivity index (χ1v) is 12.5. The number of rotatable bonds is 11. The molecule has 2 aromatic carbocycles. The Hall–Kier alpha value is -2.46. The molecule has 0 radical (unpaired) electrons. The number of hydrogen-bond acceptors (Lipinski definition) is 5. The van der Waals surface area contributed by atoms with Crippen molar-refractivity contribution < 1.29 is 18.0 Å². The second-order valence-corrected chi connectivity index (χ2v) is 9.98. The predicted octanol–water partition coefficient (Wildman–Crippen LogP) is 3.12. The standard InChI is InChI=1S/C23H31ClN4O4S/c1-5-28(6-2)22(20-9-7-8-10-21(20)24)15-25-23(30)16-27(4)33(31,32)19-13-11-18(12-14-19)26-17(3)29/h7-14,22H,5-6,15-16H2,1-4H3,(H,25,30)(H,26,29). The lowest BCUT2D eigenvalue weighted by molar-refractivity contribution is -0.121. The molecule has 1 atom stereocenters. The summed E-state index contributed by atoms with van der Waals surface area (Å²) < 4.78 is 26.7. The van der Waals surface area contributed by atoms with Crippen LogP contribution in [-0.2, 0) is 19.6 Å². The average Bonchev–Trinajstić information content (AvgIpc) is 2.77. The fourth-order valence-electron chi connectivity index (χ4n) is 3.49. The van der Waals surface area contributed by atoms with E-state index in [1.54, 1.807) is 0 Å². The number of anilines is 1. The molecule has 0 spiro atoms. The van der Waals surface area contributed by atoms with E-state index in [2.05, 4.69) is 15.5 Å². The van der Waals surface area contributed by atoms with Crippen molar-refractivity contribution in [3.63, 3.8) is 0 Å². The molecule has 1 unspecified atom stereocenters. The molecule has 0 saturated heterocycles. The van der Waals surface area contributed by atoms with Crippen LogP contribution in [0.3, 0.4) is 0 Å². The van der Waals surface area contributed by atoms with Crippen LogP contribution in [0.1, 0.15) is 32.4 Å². The first-order chi connectivity index (χ1) is 15.6. The Morgan fingerprint density at radius 2 is 1.64 bits per heavy atom. The minimum Gasteiger partial charge on any atom is -0.353 e. The number of halogens is 1. The zero-order valence-electron chi connectivity index (χ0n) is 19.3. The largest absolute Gasteiger partial charge is 0.353 e. The molecule has 0 aromatic heterocycles. The normalized spacial score (nSPS) is 12.6. The molecular formula is C23H31ClN4O4S. The highest BCUT2D eigenvalue weighted by Gasteiger charge is 2.25. The van der Waals surface area contributed by atoms with Gasteiger partial charge in [-0.25, -0.2) is 8.42 Å². The van der Waals surface area contributed by atoms with E-state index in [9.17, 15) is 18.0 Å². The third-order valence-electron chi connectivity index (χ3n) is 5.26. The van der Waals surface area contributed by atoms with Crippen LogP contribution in [-0.4, -0.2) is 62.7 Å². The fourth-order valence-corrected chi connectivity index (χ4v) is 4.88. The van der Waals surface area contributed by atoms with Gasteiger partial charge in [0.2, 0.25) is 21.8 Å². The minimum absolute atomic E-state index is 0.0315. The van der Waals surface area contributed by atoms with Crippen LogP contribution in [0.25, 0.3) is 0 Å². The van der Waals surface area contributed by atoms with Crippen molar-refractivity contribution in [1.29, 1.82) is 0 Å². The van der Waals surface area contributed by atoms with E-state index in [1.807, 2.05) is 38.1 Å². The number of nitrogens with one attached hydrogen (secondary N) is 2. The van der Waals surface area contributed by atoms with Crippen molar-refractivity contribution in [1.82, 2.24) is 14.5 Å². The van der Waals surface area contributed by atoms with Crippen molar-refractivity contribution in [2.45, 2.75) is 31.7 Å². The minimum atomic E-state index is -3.87. The van der Waals surface area contributed by atoms with Crippen molar-refractivity contribution in [3.05, 3.63) is 59.1 Å². The lowest BCUT2D eigenvalue weighted by Crippen LogP contribution is -2.42. The zero-order chi connectivity index (χ0) is 24.6. The molecule has 0 fully saturated rings. The van der Waals surface area contributed by atoms with E-state index in [0.717, 1.165) is 23.0 Å². The summed E-state index contributed by atoms with van der Waals surface area (Å²) in [5.41, 5.74) is 1.40. The van der Waals surface area contributed by atoms with Crippen LogP contribution in [0, 0.1) is 0 Å². The Bertz CT molecular complexity index is 1060. The van der Waals surface area contributed by atoms with Crippen LogP contribution in [0.4, 0.5) is 5.69 Å². The summed E-state index contributed by atoms with van der Waals surface area (Å²) in [6, 6.07) is 13.1. The number of carbonyl (C=O) groups excluding carboxylic acids is 2. The first kappa shape index (κ1) is 26.8. The summed E-state index contributed by atoms with van der Waals surface area (Å²) in [5, 5.41) is 6.05. The SMILES string of the molecule is CCN(CC)C(CNC(=O)CN(C)S(=O)(=O)c1ccc(NC(C)=O)cc1)c1ccccc1Cl. The molecule has 0 heterocycles. The third kappa shape index (κ3) is 7.26. The number of sulfonamides is 1. The van der Waals surface area contributed by atoms with Gasteiger partial charge in [-0.15, -0.1) is 0 Å². The summed E-state index contributed by atoms with van der Waals surface area (Å²) in [4.78, 5) is 26.0. The molecule has 180 valence electrons. The number of benzene rings is 2. The van der Waals surface area contributed by atoms with E-state index < -0.39 is 15.9 Å². The summed E-state index contributed by atoms with van der Waals surface area (Å²) in [6.45, 7) is 6.94. The Kier molecular flexibility index (Phi) is 9.85. The van der Waals surface area contributed by atoms with E-state index in [4.69, 9.17) is 11.6 Å². The Morgan fingerprint density at radius 1 is 1.03 bits per heavy atom. The molecule has 2 amide bonds. The van der Waals surface area contributed by atoms with Crippen molar-refractivity contribution in [2.24, 2.45) is 0 Å². The van der Waals surface area contributed by atoms with E-state index in [0.29, 0.717) is 17.3 Å². The van der Waals surface area contributed by atoms with Gasteiger partial charge in [0.25, 0.3) is 0 Å². The molecule has 0 saturated carbocycles. The van der Waals surface area contributed by atoms with Gasteiger partial charge >= 0.3 is 0 Å². The third-order valence-corrected chi connectivity index (χ3v) is 7.42. The van der Waals surface area contributed by atoms with E-state index >= 15 is 0 Å². The molecule has 0 aliphatic rings. The van der Waals surface area contributed by atoms with Crippen molar-refractivity contribution in [3.8, 4) is 0 Å². The van der Waals surface area contributed by atoms with Crippen LogP contribution in [0.15, 0.2) is 53.4 Å². The topological polar surface area (TPSA) is 98.8 Å². The van der Waals surface area contributed by atoms with Gasteiger partial charge in [0.15, 0.2) is 0 Å². The number of likely N-dealkylation sites (N-methyl/N-ethyl adjacent to an activating group) is 2. The summed E-state index contributed by atoms with van der Waals surface area (Å²) in [5.74, 6) is -0.667. The molecule has 10 heteroatoms. The lowest BCUT2D eigenvalue weighted by Gasteiger charge is -2.31. The smallest absolute Gasteiger partial charge is 0.243 e. The molecule has 0 aliphatic carbocycles. The van der Waals surface area contributed by atoms with Gasteiger partial charge < -0.3 is 10.6 Å². The lowest BCUT2D eigenvalue weighted by atomic mass is 10.0. The maximum atomic E-state index is 12.8. The van der Waals surface area contributed by atoms with Crippen LogP contribution >= 0.6 is 11.6 Å². The maximum Gasteiger partial charge on any atom is 0.243 e. The number of nitrogens with zero attached hydrogens (tertiary/aromatic N) is 2. The highest BCUT2D eigenvalue weighted by Crippen LogP contribution is 2.27. The van der Waals surface area contributed by atoms with Gasteiger partial charge in [0, 0.05) is 31.2 Å². The maximum absolute atomic E-state index is 12.8. The number of hydrogen-bond donors (Lipinski definition) is 2. The van der Waals surface area contributed by atoms with Gasteiger partial charge in [-0.1, -0.05) is 43.6 Å². The molecule has 2 N–H and O–H groups in total. The highest BCUT2D eigenvalue weighted by molar-refractivity contribution is 7.89. The van der Waals surface area contributed by atoms with Crippen LogP contribution in [0.2, 0.25) is 5.02 Å². The zero-order valence-corrected chi connectivity index (χ0v) is 20.9. The molecule has 2 aromatic rings. The molecule has 2 rings (SSSR count). The Balaban J connectivity index is 2.07. The van der Waals surface area contributed by atoms with Gasteiger partial charge in [-0.2, -0.15) is 4.31 Å². The van der Waals surface area contributed by atoms with Gasteiger partial charge in [-0.05, 0) is 49.0 Å². The van der Waals surface area contributed by atoms with E-state index in [1.165, 1.54) is 38.2 Å². The average molecular weight is 495 g/mol. The van der Waals surface area contributed by atoms with Gasteiger partial charge in [0.1, 0.15) is 0 Å². The summed E-state index contributed by atoms with van der Waals surface area (Å²) >= 11 is 6.39. The van der Waals surface area contributed by atoms with Crippen molar-refractivity contribution >= 4 is 39.1 Å². The number of carbonyl (C=O) groups is 2. The highest BCUT2D eigenvalue weighted by atomic mass is 35.5. The fraction of sp³-hybridized carbons (Fsp3) is 0.391. The summed E-state index contributed by atoms with van der Waals surface area (Å²) in [7, 11) is -2.52. The summed E-state index contributed by atoms with van der Waals surface area (Å²) in [6.07, 6.45) is 0. The van der Waals surface area contributed by atoms with Crippen molar-refractivity contribution in [2.75, 3.05) is 38.5 Å². The second-order valence-electron chi connectivity index (χ2n) is 7.53. The van der Waals surface area contributed by atoms with Gasteiger partial charge in [0.05, 0.1) is 17.5 Å². The second kappa shape index (κ2) is 12.1. The quantitative estimate of drug-likeness (QED) is 0.500. The Morgan fingerprint density at radius 3 is 2.18 bits per heavy atom. The monoisotopic (exact) mass is 494 g/mol. The van der Waals surface area contributed by atoms with Crippen LogP contribution < -0.4 is 10.6 Å². The predicted molar refractivity (Wildman–Crippen MR) is 131 cm³/mol. The molecule has 33 heavy (non-hydrogen) atoms.